The van der Waals surface area contributed by atoms with Gasteiger partial charge >= 0.3 is 0 Å². The highest BCUT2D eigenvalue weighted by Crippen LogP contribution is 2.15. The second kappa shape index (κ2) is 3.54. The second-order valence-electron chi connectivity index (χ2n) is 3.07. The predicted octanol–water partition coefficient (Wildman–Crippen LogP) is 1.47. The number of rotatable bonds is 2. The van der Waals surface area contributed by atoms with Crippen LogP contribution in [-0.2, 0) is 4.79 Å². The minimum Gasteiger partial charge on any atom is -0.359 e. The number of aromatic amines is 1. The number of hydrogen-bond acceptors (Lipinski definition) is 1. The molecule has 0 saturated carbocycles. The van der Waals surface area contributed by atoms with Crippen molar-refractivity contribution in [1.29, 1.82) is 0 Å². The first kappa shape index (κ1) is 8.81. The Morgan fingerprint density at radius 2 is 2.21 bits per heavy atom. The van der Waals surface area contributed by atoms with Crippen LogP contribution in [0, 0.1) is 6.42 Å². The molecule has 2 rings (SSSR count). The van der Waals surface area contributed by atoms with Gasteiger partial charge in [-0.1, -0.05) is 18.2 Å². The number of hydrogen-bond donors (Lipinski definition) is 2. The molecule has 1 heterocycles. The molecule has 0 aliphatic carbocycles. The highest BCUT2D eigenvalue weighted by molar-refractivity contribution is 5.90. The van der Waals surface area contributed by atoms with E-state index in [0.29, 0.717) is 0 Å². The number of nitrogens with one attached hydrogen (secondary N) is 2. The van der Waals surface area contributed by atoms with Crippen LogP contribution in [0.4, 0.5) is 0 Å². The molecule has 0 bridgehead atoms. The van der Waals surface area contributed by atoms with E-state index in [2.05, 4.69) is 10.3 Å². The quantitative estimate of drug-likeness (QED) is 0.734. The van der Waals surface area contributed by atoms with Crippen molar-refractivity contribution in [3.8, 4) is 0 Å². The molecule has 3 nitrogen and oxygen atoms in total. The van der Waals surface area contributed by atoms with Crippen molar-refractivity contribution in [3.05, 3.63) is 42.4 Å². The number of aromatic nitrogens is 1. The van der Waals surface area contributed by atoms with Gasteiger partial charge in [0.25, 0.3) is 0 Å². The zero-order chi connectivity index (χ0) is 9.97. The third-order valence-corrected chi connectivity index (χ3v) is 2.08. The zero-order valence-electron chi connectivity index (χ0n) is 7.87. The van der Waals surface area contributed by atoms with Crippen LogP contribution in [0.15, 0.2) is 30.3 Å². The minimum absolute atomic E-state index is 0.100. The third kappa shape index (κ3) is 1.62. The van der Waals surface area contributed by atoms with Gasteiger partial charge in [0, 0.05) is 18.3 Å². The molecular formula is C11H11N2O. The molecule has 2 N–H and O–H groups in total. The average Bonchev–Trinajstić information content (AvgIpc) is 2.59. The van der Waals surface area contributed by atoms with Gasteiger partial charge in [0.2, 0.25) is 5.91 Å². The summed E-state index contributed by atoms with van der Waals surface area (Å²) in [4.78, 5) is 14.2. The average molecular weight is 187 g/mol. The van der Waals surface area contributed by atoms with Crippen molar-refractivity contribution in [2.75, 3.05) is 7.05 Å². The van der Waals surface area contributed by atoms with E-state index < -0.39 is 0 Å². The molecule has 1 aromatic carbocycles. The normalized spacial score (nSPS) is 10.4. The molecule has 0 aliphatic rings. The molecule has 71 valence electrons. The molecule has 3 heteroatoms. The van der Waals surface area contributed by atoms with Gasteiger partial charge in [-0.15, -0.1) is 0 Å². The summed E-state index contributed by atoms with van der Waals surface area (Å²) in [5, 5.41) is 3.66. The molecule has 1 amide bonds. The summed E-state index contributed by atoms with van der Waals surface area (Å²) in [7, 11) is 1.61. The Bertz CT molecular complexity index is 426. The van der Waals surface area contributed by atoms with Crippen LogP contribution in [0.2, 0.25) is 0 Å². The fourth-order valence-corrected chi connectivity index (χ4v) is 1.39. The molecule has 1 aromatic heterocycles. The smallest absolute Gasteiger partial charge is 0.230 e. The SMILES string of the molecule is CNC(=O)[CH]c1cc2ccccc2[nH]1. The lowest BCUT2D eigenvalue weighted by molar-refractivity contribution is -0.117. The Balaban J connectivity index is 2.31. The highest BCUT2D eigenvalue weighted by atomic mass is 16.1. The zero-order valence-corrected chi connectivity index (χ0v) is 7.87. The van der Waals surface area contributed by atoms with Crippen molar-refractivity contribution in [2.45, 2.75) is 0 Å². The molecule has 0 fully saturated rings. The van der Waals surface area contributed by atoms with Gasteiger partial charge in [0.1, 0.15) is 0 Å². The van der Waals surface area contributed by atoms with E-state index in [4.69, 9.17) is 0 Å². The van der Waals surface area contributed by atoms with E-state index in [1.54, 1.807) is 13.5 Å². The van der Waals surface area contributed by atoms with E-state index in [0.717, 1.165) is 16.6 Å². The molecule has 0 saturated heterocycles. The molecule has 0 atom stereocenters. The van der Waals surface area contributed by atoms with Crippen molar-refractivity contribution in [2.24, 2.45) is 0 Å². The van der Waals surface area contributed by atoms with Crippen LogP contribution in [0.1, 0.15) is 5.69 Å². The lowest BCUT2D eigenvalue weighted by Crippen LogP contribution is -2.18. The molecule has 0 unspecified atom stereocenters. The van der Waals surface area contributed by atoms with Gasteiger partial charge in [-0.2, -0.15) is 0 Å². The number of amides is 1. The Labute approximate surface area is 82.1 Å². The summed E-state index contributed by atoms with van der Waals surface area (Å²) in [5.41, 5.74) is 1.87. The molecule has 1 radical (unpaired) electrons. The van der Waals surface area contributed by atoms with E-state index in [1.807, 2.05) is 30.3 Å². The first-order valence-electron chi connectivity index (χ1n) is 4.44. The topological polar surface area (TPSA) is 44.9 Å². The molecular weight excluding hydrogens is 176 g/mol. The number of likely N-dealkylation sites (N-methyl/N-ethyl adjacent to an activating group) is 1. The minimum atomic E-state index is -0.100. The van der Waals surface area contributed by atoms with Crippen LogP contribution in [-0.4, -0.2) is 17.9 Å². The Kier molecular flexibility index (Phi) is 2.23. The van der Waals surface area contributed by atoms with E-state index in [-0.39, 0.29) is 5.91 Å². The fraction of sp³-hybridized carbons (Fsp3) is 0.0909. The number of carbonyl (C=O) groups excluding carboxylic acids is 1. The van der Waals surface area contributed by atoms with Crippen LogP contribution in [0.5, 0.6) is 0 Å². The van der Waals surface area contributed by atoms with Crippen LogP contribution >= 0.6 is 0 Å². The van der Waals surface area contributed by atoms with Crippen molar-refractivity contribution >= 4 is 16.8 Å². The molecule has 14 heavy (non-hydrogen) atoms. The Morgan fingerprint density at radius 3 is 2.93 bits per heavy atom. The maximum absolute atomic E-state index is 11.1. The fourth-order valence-electron chi connectivity index (χ4n) is 1.39. The maximum atomic E-state index is 11.1. The van der Waals surface area contributed by atoms with Crippen LogP contribution in [0.25, 0.3) is 10.9 Å². The standard InChI is InChI=1S/C11H11N2O/c1-12-11(14)7-9-6-8-4-2-3-5-10(8)13-9/h2-7,13H,1H3,(H,12,14). The van der Waals surface area contributed by atoms with Crippen molar-refractivity contribution in [1.82, 2.24) is 10.3 Å². The van der Waals surface area contributed by atoms with Crippen LogP contribution in [0.3, 0.4) is 0 Å². The summed E-state index contributed by atoms with van der Waals surface area (Å²) in [6.45, 7) is 0. The monoisotopic (exact) mass is 187 g/mol. The summed E-state index contributed by atoms with van der Waals surface area (Å²) in [5.74, 6) is -0.100. The first-order valence-corrected chi connectivity index (χ1v) is 4.44. The van der Waals surface area contributed by atoms with Gasteiger partial charge < -0.3 is 10.3 Å². The summed E-state index contributed by atoms with van der Waals surface area (Å²) in [6.07, 6.45) is 1.54. The first-order chi connectivity index (χ1) is 6.79. The number of carbonyl (C=O) groups is 1. The molecule has 2 aromatic rings. The van der Waals surface area contributed by atoms with E-state index in [1.165, 1.54) is 0 Å². The summed E-state index contributed by atoms with van der Waals surface area (Å²) < 4.78 is 0. The predicted molar refractivity (Wildman–Crippen MR) is 55.8 cm³/mol. The highest BCUT2D eigenvalue weighted by Gasteiger charge is 2.04. The largest absolute Gasteiger partial charge is 0.359 e. The number of benzene rings is 1. The second-order valence-corrected chi connectivity index (χ2v) is 3.07. The molecule has 0 aliphatic heterocycles. The Hall–Kier alpha value is -1.77. The lowest BCUT2D eigenvalue weighted by atomic mass is 10.2. The van der Waals surface area contributed by atoms with Gasteiger partial charge in [-0.25, -0.2) is 0 Å². The van der Waals surface area contributed by atoms with Crippen molar-refractivity contribution in [3.63, 3.8) is 0 Å². The molecule has 0 spiro atoms. The van der Waals surface area contributed by atoms with E-state index >= 15 is 0 Å². The summed E-state index contributed by atoms with van der Waals surface area (Å²) in [6, 6.07) is 9.87. The third-order valence-electron chi connectivity index (χ3n) is 2.08. The van der Waals surface area contributed by atoms with Crippen LogP contribution < -0.4 is 5.32 Å². The Morgan fingerprint density at radius 1 is 1.43 bits per heavy atom. The van der Waals surface area contributed by atoms with Gasteiger partial charge in [-0.3, -0.25) is 4.79 Å². The van der Waals surface area contributed by atoms with Crippen molar-refractivity contribution < 1.29 is 4.79 Å². The summed E-state index contributed by atoms with van der Waals surface area (Å²) >= 11 is 0. The van der Waals surface area contributed by atoms with Gasteiger partial charge in [0.15, 0.2) is 0 Å². The van der Waals surface area contributed by atoms with Gasteiger partial charge in [0.05, 0.1) is 6.42 Å². The maximum Gasteiger partial charge on any atom is 0.230 e. The lowest BCUT2D eigenvalue weighted by Gasteiger charge is -1.94. The number of H-pyrrole nitrogens is 1. The number of para-hydroxylation sites is 1. The van der Waals surface area contributed by atoms with Gasteiger partial charge in [-0.05, 0) is 17.5 Å². The van der Waals surface area contributed by atoms with E-state index in [9.17, 15) is 4.79 Å². The number of fused-ring (bicyclic) bond motifs is 1.